The molecule has 0 bridgehead atoms. The zero-order chi connectivity index (χ0) is 10.4. The van der Waals surface area contributed by atoms with Gasteiger partial charge in [-0.3, -0.25) is 0 Å². The summed E-state index contributed by atoms with van der Waals surface area (Å²) in [5, 5.41) is 0.405. The molecule has 0 spiro atoms. The highest BCUT2D eigenvalue weighted by Gasteiger charge is 2.28. The van der Waals surface area contributed by atoms with Gasteiger partial charge in [0, 0.05) is 12.1 Å². The number of aromatic nitrogens is 4. The summed E-state index contributed by atoms with van der Waals surface area (Å²) in [6.45, 7) is 0. The summed E-state index contributed by atoms with van der Waals surface area (Å²) in [6, 6.07) is 0.723. The first-order chi connectivity index (χ1) is 7.25. The fourth-order valence-corrected chi connectivity index (χ4v) is 2.12. The van der Waals surface area contributed by atoms with Crippen LogP contribution in [0.15, 0.2) is 12.7 Å². The Balaban J connectivity index is 0.000000963. The molecule has 1 fully saturated rings. The second-order valence-corrected chi connectivity index (χ2v) is 4.23. The van der Waals surface area contributed by atoms with Crippen LogP contribution < -0.4 is 5.73 Å². The van der Waals surface area contributed by atoms with Crippen molar-refractivity contribution in [1.82, 2.24) is 19.5 Å². The minimum Gasteiger partial charge on any atom is -0.328 e. The molecule has 3 rings (SSSR count). The lowest BCUT2D eigenvalue weighted by atomic mass is 9.87. The molecule has 86 valence electrons. The maximum Gasteiger partial charge on any atom is 0.165 e. The molecular weight excluding hydrogens is 249 g/mol. The van der Waals surface area contributed by atoms with Crippen molar-refractivity contribution in [3.8, 4) is 0 Å². The molecule has 16 heavy (non-hydrogen) atoms. The second-order valence-electron chi connectivity index (χ2n) is 3.87. The zero-order valence-corrected chi connectivity index (χ0v) is 9.95. The van der Waals surface area contributed by atoms with Crippen LogP contribution >= 0.6 is 24.0 Å². The molecule has 2 aromatic heterocycles. The molecule has 0 amide bonds. The van der Waals surface area contributed by atoms with Gasteiger partial charge in [0.25, 0.3) is 0 Å². The first-order valence-electron chi connectivity index (χ1n) is 4.84. The van der Waals surface area contributed by atoms with Gasteiger partial charge in [0.05, 0.1) is 6.33 Å². The number of imidazole rings is 1. The summed E-state index contributed by atoms with van der Waals surface area (Å²) in [5.74, 6) is 0. The fourth-order valence-electron chi connectivity index (χ4n) is 1.95. The topological polar surface area (TPSA) is 69.6 Å². The molecule has 0 aliphatic heterocycles. The van der Waals surface area contributed by atoms with Crippen molar-refractivity contribution in [3.05, 3.63) is 17.8 Å². The molecule has 1 saturated carbocycles. The van der Waals surface area contributed by atoms with Crippen LogP contribution in [0.1, 0.15) is 18.9 Å². The van der Waals surface area contributed by atoms with Crippen molar-refractivity contribution in [2.24, 2.45) is 5.73 Å². The molecule has 2 heterocycles. The van der Waals surface area contributed by atoms with Crippen LogP contribution in [0.2, 0.25) is 5.15 Å². The van der Waals surface area contributed by atoms with Crippen LogP contribution in [0.3, 0.4) is 0 Å². The summed E-state index contributed by atoms with van der Waals surface area (Å²) in [7, 11) is 0. The third kappa shape index (κ3) is 1.65. The number of hydrogen-bond donors (Lipinski definition) is 1. The van der Waals surface area contributed by atoms with Crippen LogP contribution in [0.25, 0.3) is 11.2 Å². The summed E-state index contributed by atoms with van der Waals surface area (Å²) < 4.78 is 2.03. The van der Waals surface area contributed by atoms with Crippen molar-refractivity contribution in [1.29, 1.82) is 0 Å². The highest BCUT2D eigenvalue weighted by Crippen LogP contribution is 2.33. The molecule has 1 aliphatic rings. The van der Waals surface area contributed by atoms with E-state index in [0.29, 0.717) is 22.8 Å². The number of fused-ring (bicyclic) bond motifs is 1. The number of halogens is 2. The summed E-state index contributed by atoms with van der Waals surface area (Å²) in [4.78, 5) is 12.3. The van der Waals surface area contributed by atoms with Crippen molar-refractivity contribution < 1.29 is 0 Å². The average molecular weight is 260 g/mol. The lowest BCUT2D eigenvalue weighted by Crippen LogP contribution is -2.37. The first kappa shape index (κ1) is 11.6. The van der Waals surface area contributed by atoms with Gasteiger partial charge in [0.1, 0.15) is 11.8 Å². The van der Waals surface area contributed by atoms with Crippen molar-refractivity contribution in [3.63, 3.8) is 0 Å². The Morgan fingerprint density at radius 3 is 2.75 bits per heavy atom. The zero-order valence-electron chi connectivity index (χ0n) is 8.38. The third-order valence-electron chi connectivity index (χ3n) is 2.86. The van der Waals surface area contributed by atoms with E-state index < -0.39 is 0 Å². The Labute approximate surface area is 103 Å². The maximum atomic E-state index is 5.91. The van der Waals surface area contributed by atoms with E-state index >= 15 is 0 Å². The van der Waals surface area contributed by atoms with Crippen molar-refractivity contribution in [2.45, 2.75) is 24.9 Å². The molecule has 0 saturated heterocycles. The minimum atomic E-state index is 0. The lowest BCUT2D eigenvalue weighted by molar-refractivity contribution is 0.271. The molecular formula is C9H11Cl2N5. The summed E-state index contributed by atoms with van der Waals surface area (Å²) in [6.07, 6.45) is 5.18. The first-order valence-corrected chi connectivity index (χ1v) is 5.22. The van der Waals surface area contributed by atoms with E-state index in [9.17, 15) is 0 Å². The molecule has 2 N–H and O–H groups in total. The predicted octanol–water partition coefficient (Wildman–Crippen LogP) is 1.56. The monoisotopic (exact) mass is 259 g/mol. The van der Waals surface area contributed by atoms with Crippen molar-refractivity contribution in [2.75, 3.05) is 0 Å². The van der Waals surface area contributed by atoms with Crippen molar-refractivity contribution >= 4 is 35.2 Å². The molecule has 0 radical (unpaired) electrons. The van der Waals surface area contributed by atoms with Crippen LogP contribution in [-0.2, 0) is 0 Å². The standard InChI is InChI=1S/C9H10ClN5.ClH/c10-8-7-9(13-3-12-8)15(4-14-7)6-1-5(11)2-6;/h3-6H,1-2,11H2;1H. The van der Waals surface area contributed by atoms with Crippen LogP contribution in [0.4, 0.5) is 0 Å². The highest BCUT2D eigenvalue weighted by molar-refractivity contribution is 6.33. The van der Waals surface area contributed by atoms with Gasteiger partial charge < -0.3 is 10.3 Å². The van der Waals surface area contributed by atoms with Gasteiger partial charge in [-0.25, -0.2) is 15.0 Å². The van der Waals surface area contributed by atoms with E-state index in [2.05, 4.69) is 15.0 Å². The number of hydrogen-bond acceptors (Lipinski definition) is 4. The van der Waals surface area contributed by atoms with Gasteiger partial charge in [-0.1, -0.05) is 11.6 Å². The Hall–Kier alpha value is -0.910. The minimum absolute atomic E-state index is 0. The Morgan fingerprint density at radius 2 is 2.06 bits per heavy atom. The Kier molecular flexibility index (Phi) is 3.01. The van der Waals surface area contributed by atoms with E-state index in [-0.39, 0.29) is 12.4 Å². The molecule has 2 aromatic rings. The quantitative estimate of drug-likeness (QED) is 0.790. The number of nitrogens with zero attached hydrogens (tertiary/aromatic N) is 4. The Bertz CT molecular complexity index is 506. The van der Waals surface area contributed by atoms with Gasteiger partial charge >= 0.3 is 0 Å². The van der Waals surface area contributed by atoms with E-state index in [1.165, 1.54) is 6.33 Å². The van der Waals surface area contributed by atoms with E-state index in [1.807, 2.05) is 4.57 Å². The highest BCUT2D eigenvalue weighted by atomic mass is 35.5. The molecule has 0 aromatic carbocycles. The third-order valence-corrected chi connectivity index (χ3v) is 3.13. The second kappa shape index (κ2) is 4.16. The predicted molar refractivity (Wildman–Crippen MR) is 63.8 cm³/mol. The molecule has 0 unspecified atom stereocenters. The fraction of sp³-hybridized carbons (Fsp3) is 0.444. The summed E-state index contributed by atoms with van der Waals surface area (Å²) >= 11 is 5.91. The summed E-state index contributed by atoms with van der Waals surface area (Å²) in [5.41, 5.74) is 7.22. The van der Waals surface area contributed by atoms with Gasteiger partial charge in [-0.05, 0) is 12.8 Å². The average Bonchev–Trinajstić information content (AvgIpc) is 2.58. The smallest absolute Gasteiger partial charge is 0.165 e. The van der Waals surface area contributed by atoms with Crippen LogP contribution in [0, 0.1) is 0 Å². The maximum absolute atomic E-state index is 5.91. The number of nitrogens with two attached hydrogens (primary N) is 1. The van der Waals surface area contributed by atoms with Crippen LogP contribution in [-0.4, -0.2) is 25.6 Å². The normalized spacial score (nSPS) is 23.9. The molecule has 5 nitrogen and oxygen atoms in total. The number of rotatable bonds is 1. The van der Waals surface area contributed by atoms with E-state index in [0.717, 1.165) is 18.5 Å². The van der Waals surface area contributed by atoms with Gasteiger partial charge in [-0.2, -0.15) is 0 Å². The SMILES string of the molecule is Cl.NC1CC(n2cnc3c(Cl)ncnc32)C1. The molecule has 1 aliphatic carbocycles. The largest absolute Gasteiger partial charge is 0.328 e. The van der Waals surface area contributed by atoms with Gasteiger partial charge in [-0.15, -0.1) is 12.4 Å². The Morgan fingerprint density at radius 1 is 1.31 bits per heavy atom. The van der Waals surface area contributed by atoms with Gasteiger partial charge in [0.15, 0.2) is 10.8 Å². The van der Waals surface area contributed by atoms with E-state index in [4.69, 9.17) is 17.3 Å². The molecule has 7 heteroatoms. The molecule has 0 atom stereocenters. The van der Waals surface area contributed by atoms with Gasteiger partial charge in [0.2, 0.25) is 0 Å². The van der Waals surface area contributed by atoms with E-state index in [1.54, 1.807) is 6.33 Å². The lowest BCUT2D eigenvalue weighted by Gasteiger charge is -2.33. The van der Waals surface area contributed by atoms with Crippen LogP contribution in [0.5, 0.6) is 0 Å².